The first-order valence-electron chi connectivity index (χ1n) is 28.9. The van der Waals surface area contributed by atoms with Gasteiger partial charge in [0.15, 0.2) is 22.4 Å². The first kappa shape index (κ1) is 44.2. The molecule has 8 bridgehead atoms. The minimum atomic E-state index is -0.357. The molecule has 2 aromatic heterocycles. The second kappa shape index (κ2) is 16.3. The molecule has 0 radical (unpaired) electrons. The van der Waals surface area contributed by atoms with E-state index in [4.69, 9.17) is 8.83 Å². The Bertz CT molecular complexity index is 3580. The maximum atomic E-state index is 14.4. The maximum absolute atomic E-state index is 14.4. The van der Waals surface area contributed by atoms with Crippen LogP contribution < -0.4 is 10.9 Å². The average molecular weight is 997 g/mol. The van der Waals surface area contributed by atoms with Crippen LogP contribution in [0.15, 0.2) is 176 Å². The third kappa shape index (κ3) is 5.99. The van der Waals surface area contributed by atoms with E-state index in [2.05, 4.69) is 48.5 Å². The van der Waals surface area contributed by atoms with E-state index in [1.807, 2.05) is 109 Å². The first-order valence-corrected chi connectivity index (χ1v) is 28.9. The first-order chi connectivity index (χ1) is 37.4. The molecule has 18 rings (SSSR count). The molecule has 0 aliphatic heterocycles. The van der Waals surface area contributed by atoms with Crippen molar-refractivity contribution in [3.05, 3.63) is 212 Å². The Kier molecular flexibility index (Phi) is 9.49. The lowest BCUT2D eigenvalue weighted by Crippen LogP contribution is -2.38. The van der Waals surface area contributed by atoms with Gasteiger partial charge in [-0.15, -0.1) is 0 Å². The minimum absolute atomic E-state index is 0.110. The van der Waals surface area contributed by atoms with Crippen LogP contribution in [0.3, 0.4) is 0 Å². The molecule has 76 heavy (non-hydrogen) atoms. The van der Waals surface area contributed by atoms with Crippen molar-refractivity contribution in [2.24, 2.45) is 82.9 Å². The summed E-state index contributed by atoms with van der Waals surface area (Å²) in [6.07, 6.45) is 10.6. The summed E-state index contributed by atoms with van der Waals surface area (Å²) < 4.78 is 13.1. The predicted molar refractivity (Wildman–Crippen MR) is 294 cm³/mol. The maximum Gasteiger partial charge on any atom is 0.196 e. The van der Waals surface area contributed by atoms with E-state index in [1.54, 1.807) is 0 Å². The van der Waals surface area contributed by atoms with Gasteiger partial charge in [-0.25, -0.2) is 0 Å². The highest BCUT2D eigenvalue weighted by molar-refractivity contribution is 6.03. The summed E-state index contributed by atoms with van der Waals surface area (Å²) in [4.78, 5) is 56.9. The van der Waals surface area contributed by atoms with Gasteiger partial charge in [0.1, 0.15) is 22.7 Å². The van der Waals surface area contributed by atoms with Gasteiger partial charge in [0.2, 0.25) is 0 Å². The lowest BCUT2D eigenvalue weighted by Gasteiger charge is -2.42. The molecule has 8 saturated carbocycles. The van der Waals surface area contributed by atoms with E-state index in [0.717, 1.165) is 91.9 Å². The number of rotatable bonds is 6. The van der Waals surface area contributed by atoms with Crippen molar-refractivity contribution in [3.8, 4) is 22.3 Å². The van der Waals surface area contributed by atoms with Gasteiger partial charge < -0.3 is 8.83 Å². The fourth-order valence-corrected chi connectivity index (χ4v) is 20.6. The number of para-hydroxylation sites is 2. The Morgan fingerprint density at radius 2 is 0.697 bits per heavy atom. The second-order valence-corrected chi connectivity index (χ2v) is 25.3. The highest BCUT2D eigenvalue weighted by Crippen LogP contribution is 2.77. The van der Waals surface area contributed by atoms with Gasteiger partial charge >= 0.3 is 0 Å². The minimum Gasteiger partial charge on any atom is -0.460 e. The third-order valence-corrected chi connectivity index (χ3v) is 22.7. The van der Waals surface area contributed by atoms with Gasteiger partial charge in [-0.3, -0.25) is 19.2 Å². The zero-order valence-corrected chi connectivity index (χ0v) is 42.5. The van der Waals surface area contributed by atoms with E-state index in [1.165, 1.54) is 51.4 Å². The zero-order valence-electron chi connectivity index (χ0n) is 42.5. The van der Waals surface area contributed by atoms with Crippen molar-refractivity contribution in [2.45, 2.75) is 75.0 Å². The number of hydrogen-bond donors (Lipinski definition) is 0. The van der Waals surface area contributed by atoms with Crippen molar-refractivity contribution in [2.75, 3.05) is 0 Å². The molecule has 8 fully saturated rings. The lowest BCUT2D eigenvalue weighted by atomic mass is 9.61. The molecule has 0 spiro atoms. The monoisotopic (exact) mass is 996 g/mol. The third-order valence-electron chi connectivity index (χ3n) is 22.7. The van der Waals surface area contributed by atoms with E-state index in [9.17, 15) is 19.2 Å². The molecule has 376 valence electrons. The van der Waals surface area contributed by atoms with Crippen molar-refractivity contribution in [3.63, 3.8) is 0 Å². The Morgan fingerprint density at radius 1 is 0.355 bits per heavy atom. The van der Waals surface area contributed by atoms with E-state index in [-0.39, 0.29) is 57.9 Å². The van der Waals surface area contributed by atoms with Gasteiger partial charge in [0, 0.05) is 22.3 Å². The van der Waals surface area contributed by atoms with Crippen molar-refractivity contribution in [1.82, 2.24) is 0 Å². The average Bonchev–Trinajstić information content (AvgIpc) is 4.45. The van der Waals surface area contributed by atoms with Crippen molar-refractivity contribution in [1.29, 1.82) is 0 Å². The fraction of sp³-hybridized carbons (Fsp3) is 0.371. The molecule has 6 heteroatoms. The second-order valence-electron chi connectivity index (χ2n) is 25.3. The van der Waals surface area contributed by atoms with E-state index in [0.29, 0.717) is 57.1 Å². The Morgan fingerprint density at radius 3 is 1.09 bits per heavy atom. The summed E-state index contributed by atoms with van der Waals surface area (Å²) in [6, 6.07) is 51.9. The molecule has 18 atom stereocenters. The van der Waals surface area contributed by atoms with Gasteiger partial charge in [-0.05, 0) is 193 Å². The summed E-state index contributed by atoms with van der Waals surface area (Å²) in [5.74, 6) is 10.1. The van der Waals surface area contributed by atoms with Crippen molar-refractivity contribution < 1.29 is 18.4 Å². The molecule has 0 unspecified atom stereocenters. The van der Waals surface area contributed by atoms with Crippen LogP contribution in [0.2, 0.25) is 0 Å². The standard InChI is InChI=1S/2C35H30O3/c2*36-33(20-12-10-19(11-13-20)18-6-2-1-3-7-18)31-29-24-17-25(28-22-15-14-21(16-22)27(24)28)30(29)32-34(37)23-8-4-5-9-26(23)38-35(31)32/h2*1-13,21-22,24-25,27-31H,14-17H2/t2*21-,22+,24-,25+,27-,28+,29-,30+,31-/m10/s1. The van der Waals surface area contributed by atoms with Crippen LogP contribution in [0, 0.1) is 82.9 Å². The topological polar surface area (TPSA) is 94.6 Å². The number of Topliss-reactive ketones (excluding diaryl/α,β-unsaturated/α-hetero) is 2. The van der Waals surface area contributed by atoms with Gasteiger partial charge in [-0.2, -0.15) is 0 Å². The van der Waals surface area contributed by atoms with Crippen molar-refractivity contribution >= 4 is 33.5 Å². The number of carbonyl (C=O) groups is 2. The Labute approximate surface area is 442 Å². The summed E-state index contributed by atoms with van der Waals surface area (Å²) in [5.41, 5.74) is 9.09. The largest absolute Gasteiger partial charge is 0.460 e. The smallest absolute Gasteiger partial charge is 0.196 e. The molecule has 0 amide bonds. The number of benzene rings is 6. The number of hydrogen-bond acceptors (Lipinski definition) is 6. The molecule has 8 aromatic rings. The zero-order chi connectivity index (χ0) is 50.2. The number of fused-ring (bicyclic) bond motifs is 30. The quantitative estimate of drug-likeness (QED) is 0.122. The molecular formula is C70H60O6. The highest BCUT2D eigenvalue weighted by atomic mass is 16.3. The lowest BCUT2D eigenvalue weighted by molar-refractivity contribution is 0.0679. The van der Waals surface area contributed by atoms with Gasteiger partial charge in [0.25, 0.3) is 0 Å². The molecule has 2 heterocycles. The van der Waals surface area contributed by atoms with Crippen LogP contribution in [0.4, 0.5) is 0 Å². The molecule has 10 aliphatic carbocycles. The van der Waals surface area contributed by atoms with Crippen LogP contribution in [-0.4, -0.2) is 11.6 Å². The molecule has 6 aromatic carbocycles. The van der Waals surface area contributed by atoms with E-state index >= 15 is 0 Å². The van der Waals surface area contributed by atoms with Crippen LogP contribution in [0.1, 0.15) is 118 Å². The molecular weight excluding hydrogens is 937 g/mol. The molecule has 6 nitrogen and oxygen atoms in total. The molecule has 0 saturated heterocycles. The summed E-state index contributed by atoms with van der Waals surface area (Å²) in [6.45, 7) is 0. The molecule has 0 N–H and O–H groups in total. The highest BCUT2D eigenvalue weighted by Gasteiger charge is 2.72. The van der Waals surface area contributed by atoms with Crippen LogP contribution in [0.25, 0.3) is 44.2 Å². The van der Waals surface area contributed by atoms with E-state index < -0.39 is 0 Å². The summed E-state index contributed by atoms with van der Waals surface area (Å²) in [5, 5.41) is 1.33. The van der Waals surface area contributed by atoms with Crippen LogP contribution in [-0.2, 0) is 0 Å². The van der Waals surface area contributed by atoms with Crippen LogP contribution in [0.5, 0.6) is 0 Å². The van der Waals surface area contributed by atoms with Crippen LogP contribution >= 0.6 is 0 Å². The predicted octanol–water partition coefficient (Wildman–Crippen LogP) is 14.9. The Balaban J connectivity index is 0.000000124. The number of ketones is 2. The Hall–Kier alpha value is -6.92. The summed E-state index contributed by atoms with van der Waals surface area (Å²) in [7, 11) is 0. The van der Waals surface area contributed by atoms with Gasteiger partial charge in [-0.1, -0.05) is 133 Å². The number of carbonyl (C=O) groups excluding carboxylic acids is 2. The fourth-order valence-electron chi connectivity index (χ4n) is 20.6. The molecule has 10 aliphatic rings. The normalized spacial score (nSPS) is 35.4. The van der Waals surface area contributed by atoms with Gasteiger partial charge in [0.05, 0.1) is 22.6 Å². The SMILES string of the molecule is O=C(c1ccc(-c2ccccc2)cc1)[C@@H]1c2oc3ccccc3c(=O)c2[C@H]2[C@H]3C[C@H]([C@H]4[C@@H]5CC[C@@H](C5)[C@@H]34)[C@H]21.O=C(c1ccc(-c2ccccc2)cc1)[C@H]1c2oc3ccccc3c(=O)c2[C@@H]2[C@@H]3C[C@@H]([C@@H]4[C@H]5CC[C@H](C5)[C@H]34)[C@@H]21. The summed E-state index contributed by atoms with van der Waals surface area (Å²) >= 11 is 0.